The van der Waals surface area contributed by atoms with E-state index >= 15 is 0 Å². The Balaban J connectivity index is 2.39. The van der Waals surface area contributed by atoms with Crippen LogP contribution in [0, 0.1) is 12.8 Å². The molecule has 1 heterocycles. The molecule has 1 aromatic heterocycles. The summed E-state index contributed by atoms with van der Waals surface area (Å²) in [6.07, 6.45) is 2.58. The average molecular weight is 239 g/mol. The third kappa shape index (κ3) is 4.26. The highest BCUT2D eigenvalue weighted by Gasteiger charge is 2.12. The second-order valence-corrected chi connectivity index (χ2v) is 6.18. The van der Waals surface area contributed by atoms with E-state index in [1.165, 1.54) is 23.3 Å². The molecular formula is C14H25NS. The van der Waals surface area contributed by atoms with Crippen LogP contribution in [0.15, 0.2) is 11.4 Å². The molecule has 0 saturated heterocycles. The van der Waals surface area contributed by atoms with Gasteiger partial charge in [0.25, 0.3) is 0 Å². The van der Waals surface area contributed by atoms with Gasteiger partial charge in [-0.05, 0) is 56.5 Å². The number of rotatable bonds is 6. The zero-order chi connectivity index (χ0) is 12.1. The van der Waals surface area contributed by atoms with E-state index in [1.54, 1.807) is 0 Å². The van der Waals surface area contributed by atoms with Crippen LogP contribution in [0.4, 0.5) is 0 Å². The Morgan fingerprint density at radius 2 is 1.88 bits per heavy atom. The highest BCUT2D eigenvalue weighted by Crippen LogP contribution is 2.24. The van der Waals surface area contributed by atoms with Gasteiger partial charge >= 0.3 is 0 Å². The highest BCUT2D eigenvalue weighted by atomic mass is 32.1. The Morgan fingerprint density at radius 3 is 2.38 bits per heavy atom. The first-order valence-corrected chi connectivity index (χ1v) is 7.18. The molecule has 1 aromatic rings. The maximum absolute atomic E-state index is 3.69. The molecule has 16 heavy (non-hydrogen) atoms. The zero-order valence-electron chi connectivity index (χ0n) is 11.2. The molecule has 0 saturated carbocycles. The zero-order valence-corrected chi connectivity index (χ0v) is 12.0. The molecule has 0 aliphatic carbocycles. The predicted octanol–water partition coefficient (Wildman–Crippen LogP) is 4.53. The first-order valence-electron chi connectivity index (χ1n) is 6.30. The lowest BCUT2D eigenvalue weighted by Crippen LogP contribution is -2.29. The summed E-state index contributed by atoms with van der Waals surface area (Å²) < 4.78 is 0. The molecule has 2 heteroatoms. The van der Waals surface area contributed by atoms with Gasteiger partial charge in [0.1, 0.15) is 0 Å². The van der Waals surface area contributed by atoms with Crippen LogP contribution in [0.5, 0.6) is 0 Å². The summed E-state index contributed by atoms with van der Waals surface area (Å²) in [7, 11) is 0. The van der Waals surface area contributed by atoms with Crippen LogP contribution in [0.2, 0.25) is 0 Å². The SMILES string of the molecule is Cc1ccsc1C(C)NC(C)CCC(C)C. The number of hydrogen-bond acceptors (Lipinski definition) is 2. The lowest BCUT2D eigenvalue weighted by atomic mass is 10.0. The van der Waals surface area contributed by atoms with Crippen molar-refractivity contribution in [3.63, 3.8) is 0 Å². The smallest absolute Gasteiger partial charge is 0.0390 e. The largest absolute Gasteiger partial charge is 0.307 e. The first kappa shape index (κ1) is 13.7. The van der Waals surface area contributed by atoms with E-state index in [9.17, 15) is 0 Å². The van der Waals surface area contributed by atoms with E-state index in [2.05, 4.69) is 51.4 Å². The molecule has 0 aromatic carbocycles. The molecule has 0 aliphatic heterocycles. The summed E-state index contributed by atoms with van der Waals surface area (Å²) in [4.78, 5) is 1.48. The molecular weight excluding hydrogens is 214 g/mol. The van der Waals surface area contributed by atoms with Gasteiger partial charge in [0, 0.05) is 17.0 Å². The second kappa shape index (κ2) is 6.41. The molecule has 92 valence electrons. The Kier molecular flexibility index (Phi) is 5.50. The standard InChI is InChI=1S/C14H25NS/c1-10(2)6-7-12(4)15-13(5)14-11(3)8-9-16-14/h8-10,12-13,15H,6-7H2,1-5H3. The van der Waals surface area contributed by atoms with Crippen LogP contribution >= 0.6 is 11.3 Å². The number of hydrogen-bond donors (Lipinski definition) is 1. The number of thiophene rings is 1. The van der Waals surface area contributed by atoms with Gasteiger partial charge in [-0.25, -0.2) is 0 Å². The summed E-state index contributed by atoms with van der Waals surface area (Å²) in [6, 6.07) is 3.30. The molecule has 0 spiro atoms. The summed E-state index contributed by atoms with van der Waals surface area (Å²) in [6.45, 7) is 11.3. The van der Waals surface area contributed by atoms with Crippen molar-refractivity contribution in [1.82, 2.24) is 5.32 Å². The molecule has 0 radical (unpaired) electrons. The fourth-order valence-corrected chi connectivity index (χ4v) is 2.94. The first-order chi connectivity index (χ1) is 7.50. The molecule has 0 aliphatic rings. The third-order valence-electron chi connectivity index (χ3n) is 3.01. The maximum atomic E-state index is 3.69. The van der Waals surface area contributed by atoms with Gasteiger partial charge in [-0.1, -0.05) is 13.8 Å². The fourth-order valence-electron chi connectivity index (χ4n) is 2.00. The normalized spacial score (nSPS) is 15.4. The lowest BCUT2D eigenvalue weighted by Gasteiger charge is -2.20. The van der Waals surface area contributed by atoms with Gasteiger partial charge < -0.3 is 5.32 Å². The van der Waals surface area contributed by atoms with Gasteiger partial charge in [0.05, 0.1) is 0 Å². The van der Waals surface area contributed by atoms with Gasteiger partial charge in [-0.3, -0.25) is 0 Å². The lowest BCUT2D eigenvalue weighted by molar-refractivity contribution is 0.419. The minimum absolute atomic E-state index is 0.488. The van der Waals surface area contributed by atoms with Crippen molar-refractivity contribution in [2.24, 2.45) is 5.92 Å². The third-order valence-corrected chi connectivity index (χ3v) is 4.21. The van der Waals surface area contributed by atoms with E-state index in [4.69, 9.17) is 0 Å². The Morgan fingerprint density at radius 1 is 1.19 bits per heavy atom. The molecule has 0 fully saturated rings. The molecule has 2 atom stereocenters. The molecule has 2 unspecified atom stereocenters. The van der Waals surface area contributed by atoms with Crippen LogP contribution in [0.1, 0.15) is 57.0 Å². The van der Waals surface area contributed by atoms with Gasteiger partial charge in [0.15, 0.2) is 0 Å². The van der Waals surface area contributed by atoms with Crippen molar-refractivity contribution in [2.45, 2.75) is 59.5 Å². The van der Waals surface area contributed by atoms with Crippen molar-refractivity contribution in [3.05, 3.63) is 21.9 Å². The van der Waals surface area contributed by atoms with Crippen LogP contribution in [-0.2, 0) is 0 Å². The van der Waals surface area contributed by atoms with E-state index in [0.29, 0.717) is 12.1 Å². The Hall–Kier alpha value is -0.340. The fraction of sp³-hybridized carbons (Fsp3) is 0.714. The van der Waals surface area contributed by atoms with Crippen molar-refractivity contribution >= 4 is 11.3 Å². The van der Waals surface area contributed by atoms with E-state index < -0.39 is 0 Å². The predicted molar refractivity (Wildman–Crippen MR) is 74.1 cm³/mol. The number of aryl methyl sites for hydroxylation is 1. The van der Waals surface area contributed by atoms with E-state index in [-0.39, 0.29) is 0 Å². The summed E-state index contributed by atoms with van der Waals surface area (Å²) >= 11 is 1.86. The summed E-state index contributed by atoms with van der Waals surface area (Å²) in [5, 5.41) is 5.87. The van der Waals surface area contributed by atoms with Gasteiger partial charge in [0.2, 0.25) is 0 Å². The molecule has 1 N–H and O–H groups in total. The molecule has 1 nitrogen and oxygen atoms in total. The minimum atomic E-state index is 0.488. The van der Waals surface area contributed by atoms with E-state index in [0.717, 1.165) is 5.92 Å². The second-order valence-electron chi connectivity index (χ2n) is 5.23. The van der Waals surface area contributed by atoms with Crippen LogP contribution in [0.3, 0.4) is 0 Å². The van der Waals surface area contributed by atoms with Gasteiger partial charge in [-0.2, -0.15) is 0 Å². The van der Waals surface area contributed by atoms with Crippen LogP contribution in [-0.4, -0.2) is 6.04 Å². The summed E-state index contributed by atoms with van der Waals surface area (Å²) in [5.41, 5.74) is 1.42. The van der Waals surface area contributed by atoms with Crippen molar-refractivity contribution < 1.29 is 0 Å². The Labute approximate surface area is 104 Å². The number of nitrogens with one attached hydrogen (secondary N) is 1. The average Bonchev–Trinajstić information content (AvgIpc) is 2.61. The molecule has 1 rings (SSSR count). The topological polar surface area (TPSA) is 12.0 Å². The highest BCUT2D eigenvalue weighted by molar-refractivity contribution is 7.10. The minimum Gasteiger partial charge on any atom is -0.307 e. The van der Waals surface area contributed by atoms with Crippen molar-refractivity contribution in [3.8, 4) is 0 Å². The van der Waals surface area contributed by atoms with E-state index in [1.807, 2.05) is 11.3 Å². The van der Waals surface area contributed by atoms with Crippen molar-refractivity contribution in [2.75, 3.05) is 0 Å². The molecule has 0 bridgehead atoms. The van der Waals surface area contributed by atoms with Gasteiger partial charge in [-0.15, -0.1) is 11.3 Å². The molecule has 0 amide bonds. The Bertz CT molecular complexity index is 303. The van der Waals surface area contributed by atoms with Crippen LogP contribution < -0.4 is 5.32 Å². The monoisotopic (exact) mass is 239 g/mol. The maximum Gasteiger partial charge on any atom is 0.0390 e. The van der Waals surface area contributed by atoms with Crippen molar-refractivity contribution in [1.29, 1.82) is 0 Å². The quantitative estimate of drug-likeness (QED) is 0.769. The summed E-state index contributed by atoms with van der Waals surface area (Å²) in [5.74, 6) is 0.808. The van der Waals surface area contributed by atoms with Crippen LogP contribution in [0.25, 0.3) is 0 Å².